The lowest BCUT2D eigenvalue weighted by Crippen LogP contribution is -2.46. The summed E-state index contributed by atoms with van der Waals surface area (Å²) in [6.45, 7) is 0.0580. The fraction of sp³-hybridized carbons (Fsp3) is 0.400. The smallest absolute Gasteiger partial charge is 0.338 e. The van der Waals surface area contributed by atoms with Crippen LogP contribution in [0.15, 0.2) is 53.4 Å². The maximum absolute atomic E-state index is 13.1. The molecule has 0 saturated heterocycles. The molecule has 4 rings (SSSR count). The largest absolute Gasteiger partial charge is 0.452 e. The van der Waals surface area contributed by atoms with Crippen molar-refractivity contribution in [1.82, 2.24) is 14.9 Å². The van der Waals surface area contributed by atoms with Crippen molar-refractivity contribution in [3.05, 3.63) is 65.2 Å². The highest BCUT2D eigenvalue weighted by Crippen LogP contribution is 2.25. The van der Waals surface area contributed by atoms with E-state index >= 15 is 0 Å². The molecule has 0 unspecified atom stereocenters. The summed E-state index contributed by atoms with van der Waals surface area (Å²) in [7, 11) is -3.73. The van der Waals surface area contributed by atoms with Gasteiger partial charge >= 0.3 is 12.0 Å². The lowest BCUT2D eigenvalue weighted by molar-refractivity contribution is -0.123. The predicted molar refractivity (Wildman–Crippen MR) is 128 cm³/mol. The molecule has 2 aromatic rings. The summed E-state index contributed by atoms with van der Waals surface area (Å²) >= 11 is 0. The zero-order valence-corrected chi connectivity index (χ0v) is 20.2. The van der Waals surface area contributed by atoms with Gasteiger partial charge in [0.1, 0.15) is 0 Å². The van der Waals surface area contributed by atoms with Crippen molar-refractivity contribution in [3.63, 3.8) is 0 Å². The highest BCUT2D eigenvalue weighted by atomic mass is 32.2. The van der Waals surface area contributed by atoms with E-state index < -0.39 is 34.5 Å². The van der Waals surface area contributed by atoms with E-state index in [0.29, 0.717) is 19.5 Å². The number of nitrogens with zero attached hydrogens (tertiary/aromatic N) is 1. The standard InChI is InChI=1S/C25H29N3O6S/c29-23(27-25(31)26-21-8-2-1-3-9-21)17-34-24(30)19-10-12-22(13-11-19)35(32,33)28-15-14-18-6-4-5-7-20(18)16-28/h4-7,10-13,21H,1-3,8-9,14-17H2,(H2,26,27,29,31). The van der Waals surface area contributed by atoms with Gasteiger partial charge in [-0.1, -0.05) is 43.5 Å². The molecule has 2 aliphatic rings. The van der Waals surface area contributed by atoms with Crippen LogP contribution in [0.2, 0.25) is 0 Å². The summed E-state index contributed by atoms with van der Waals surface area (Å²) in [6, 6.07) is 12.6. The number of amides is 3. The van der Waals surface area contributed by atoms with E-state index in [1.807, 2.05) is 24.3 Å². The first-order chi connectivity index (χ1) is 16.8. The van der Waals surface area contributed by atoms with E-state index in [4.69, 9.17) is 4.74 Å². The maximum Gasteiger partial charge on any atom is 0.338 e. The average molecular weight is 500 g/mol. The van der Waals surface area contributed by atoms with E-state index in [2.05, 4.69) is 10.6 Å². The van der Waals surface area contributed by atoms with Gasteiger partial charge in [0, 0.05) is 19.1 Å². The molecule has 0 spiro atoms. The molecule has 0 atom stereocenters. The van der Waals surface area contributed by atoms with Gasteiger partial charge in [-0.3, -0.25) is 10.1 Å². The Balaban J connectivity index is 1.28. The number of carbonyl (C=O) groups excluding carboxylic acids is 3. The number of rotatable bonds is 6. The molecule has 186 valence electrons. The van der Waals surface area contributed by atoms with Crippen LogP contribution in [-0.2, 0) is 32.5 Å². The Labute approximate surface area is 204 Å². The lowest BCUT2D eigenvalue weighted by atomic mass is 9.96. The zero-order valence-electron chi connectivity index (χ0n) is 19.4. The number of ether oxygens (including phenoxy) is 1. The number of hydrogen-bond acceptors (Lipinski definition) is 6. The number of esters is 1. The van der Waals surface area contributed by atoms with Gasteiger partial charge in [-0.15, -0.1) is 0 Å². The molecule has 0 aromatic heterocycles. The Kier molecular flexibility index (Phi) is 7.82. The number of urea groups is 1. The van der Waals surface area contributed by atoms with E-state index in [1.165, 1.54) is 28.6 Å². The SMILES string of the molecule is O=C(COC(=O)c1ccc(S(=O)(=O)N2CCc3ccccc3C2)cc1)NC(=O)NC1CCCCC1. The third-order valence-corrected chi connectivity index (χ3v) is 8.21. The molecular weight excluding hydrogens is 470 g/mol. The summed E-state index contributed by atoms with van der Waals surface area (Å²) in [5, 5.41) is 4.91. The molecule has 1 heterocycles. The van der Waals surface area contributed by atoms with Crippen molar-refractivity contribution >= 4 is 27.9 Å². The first-order valence-corrected chi connectivity index (χ1v) is 13.2. The second-order valence-corrected chi connectivity index (χ2v) is 10.8. The van der Waals surface area contributed by atoms with Crippen LogP contribution in [0.25, 0.3) is 0 Å². The molecule has 35 heavy (non-hydrogen) atoms. The number of benzene rings is 2. The van der Waals surface area contributed by atoms with E-state index in [0.717, 1.165) is 43.2 Å². The fourth-order valence-electron chi connectivity index (χ4n) is 4.43. The quantitative estimate of drug-likeness (QED) is 0.590. The van der Waals surface area contributed by atoms with Gasteiger partial charge in [-0.2, -0.15) is 4.31 Å². The molecule has 1 aliphatic heterocycles. The molecule has 0 radical (unpaired) electrons. The van der Waals surface area contributed by atoms with Gasteiger partial charge in [0.2, 0.25) is 10.0 Å². The normalized spacial score (nSPS) is 16.7. The Morgan fingerprint density at radius 3 is 2.34 bits per heavy atom. The molecule has 1 saturated carbocycles. The number of imide groups is 1. The number of hydrogen-bond donors (Lipinski definition) is 2. The van der Waals surface area contributed by atoms with Crippen molar-refractivity contribution in [2.24, 2.45) is 0 Å². The average Bonchev–Trinajstić information content (AvgIpc) is 2.87. The third kappa shape index (κ3) is 6.26. The topological polar surface area (TPSA) is 122 Å². The molecule has 1 aliphatic carbocycles. The van der Waals surface area contributed by atoms with Crippen molar-refractivity contribution in [3.8, 4) is 0 Å². The van der Waals surface area contributed by atoms with E-state index in [9.17, 15) is 22.8 Å². The second kappa shape index (κ2) is 11.0. The minimum Gasteiger partial charge on any atom is -0.452 e. The monoisotopic (exact) mass is 499 g/mol. The van der Waals surface area contributed by atoms with Crippen LogP contribution < -0.4 is 10.6 Å². The van der Waals surface area contributed by atoms with Crippen LogP contribution >= 0.6 is 0 Å². The Hall–Kier alpha value is -3.24. The summed E-state index contributed by atoms with van der Waals surface area (Å²) in [5.41, 5.74) is 2.23. The Morgan fingerprint density at radius 1 is 0.943 bits per heavy atom. The first-order valence-electron chi connectivity index (χ1n) is 11.8. The zero-order chi connectivity index (χ0) is 24.8. The van der Waals surface area contributed by atoms with Crippen molar-refractivity contribution in [2.75, 3.05) is 13.2 Å². The maximum atomic E-state index is 13.1. The molecule has 2 N–H and O–H groups in total. The highest BCUT2D eigenvalue weighted by molar-refractivity contribution is 7.89. The molecule has 9 nitrogen and oxygen atoms in total. The predicted octanol–water partition coefficient (Wildman–Crippen LogP) is 2.75. The van der Waals surface area contributed by atoms with Gasteiger partial charge in [0.15, 0.2) is 6.61 Å². The van der Waals surface area contributed by atoms with Crippen molar-refractivity contribution < 1.29 is 27.5 Å². The van der Waals surface area contributed by atoms with Gasteiger partial charge in [-0.25, -0.2) is 18.0 Å². The first kappa shape index (κ1) is 24.9. The number of carbonyl (C=O) groups is 3. The van der Waals surface area contributed by atoms with E-state index in [1.54, 1.807) is 0 Å². The summed E-state index contributed by atoms with van der Waals surface area (Å²) in [6.07, 6.45) is 5.64. The molecular formula is C25H29N3O6S. The minimum atomic E-state index is -3.73. The second-order valence-electron chi connectivity index (χ2n) is 8.81. The highest BCUT2D eigenvalue weighted by Gasteiger charge is 2.28. The Morgan fingerprint density at radius 2 is 1.63 bits per heavy atom. The summed E-state index contributed by atoms with van der Waals surface area (Å²) < 4.78 is 32.5. The molecule has 2 aromatic carbocycles. The molecule has 0 bridgehead atoms. The van der Waals surface area contributed by atoms with Crippen LogP contribution in [0, 0.1) is 0 Å². The number of sulfonamides is 1. The summed E-state index contributed by atoms with van der Waals surface area (Å²) in [4.78, 5) is 36.2. The van der Waals surface area contributed by atoms with Crippen LogP contribution in [-0.4, -0.2) is 49.8 Å². The van der Waals surface area contributed by atoms with Crippen LogP contribution in [0.1, 0.15) is 53.6 Å². The fourth-order valence-corrected chi connectivity index (χ4v) is 5.85. The lowest BCUT2D eigenvalue weighted by Gasteiger charge is -2.28. The van der Waals surface area contributed by atoms with Crippen LogP contribution in [0.3, 0.4) is 0 Å². The Bertz CT molecular complexity index is 1190. The van der Waals surface area contributed by atoms with Gasteiger partial charge in [0.25, 0.3) is 5.91 Å². The third-order valence-electron chi connectivity index (χ3n) is 6.35. The molecule has 1 fully saturated rings. The molecule has 3 amide bonds. The number of fused-ring (bicyclic) bond motifs is 1. The van der Waals surface area contributed by atoms with Crippen LogP contribution in [0.5, 0.6) is 0 Å². The van der Waals surface area contributed by atoms with E-state index in [-0.39, 0.29) is 16.5 Å². The minimum absolute atomic E-state index is 0.0496. The van der Waals surface area contributed by atoms with Crippen molar-refractivity contribution in [1.29, 1.82) is 0 Å². The van der Waals surface area contributed by atoms with Gasteiger partial charge in [-0.05, 0) is 54.7 Å². The van der Waals surface area contributed by atoms with Crippen LogP contribution in [0.4, 0.5) is 4.79 Å². The van der Waals surface area contributed by atoms with Crippen molar-refractivity contribution in [2.45, 2.75) is 56.0 Å². The molecule has 10 heteroatoms. The number of nitrogens with one attached hydrogen (secondary N) is 2. The summed E-state index contributed by atoms with van der Waals surface area (Å²) in [5.74, 6) is -1.53. The van der Waals surface area contributed by atoms with Gasteiger partial charge < -0.3 is 10.1 Å². The van der Waals surface area contributed by atoms with Gasteiger partial charge in [0.05, 0.1) is 10.5 Å².